The molecule has 1 amide bonds. The minimum Gasteiger partial charge on any atom is -0.441 e. The van der Waals surface area contributed by atoms with Crippen molar-refractivity contribution in [2.45, 2.75) is 19.4 Å². The SMILES string of the molecule is CN(Cc1cccs1)C(=O)CCc1ncc(-c2ccccc2F)o1. The fourth-order valence-electron chi connectivity index (χ4n) is 2.34. The second-order valence-electron chi connectivity index (χ2n) is 5.43. The molecule has 0 radical (unpaired) electrons. The van der Waals surface area contributed by atoms with Crippen LogP contribution in [0, 0.1) is 5.82 Å². The van der Waals surface area contributed by atoms with Gasteiger partial charge in [-0.15, -0.1) is 11.3 Å². The lowest BCUT2D eigenvalue weighted by atomic mass is 10.2. The highest BCUT2D eigenvalue weighted by atomic mass is 32.1. The van der Waals surface area contributed by atoms with Gasteiger partial charge in [0.05, 0.1) is 18.3 Å². The average molecular weight is 344 g/mol. The van der Waals surface area contributed by atoms with Crippen LogP contribution >= 0.6 is 11.3 Å². The Morgan fingerprint density at radius 1 is 1.29 bits per heavy atom. The van der Waals surface area contributed by atoms with Gasteiger partial charge in [0.1, 0.15) is 5.82 Å². The maximum absolute atomic E-state index is 13.7. The number of thiophene rings is 1. The second kappa shape index (κ2) is 7.40. The Bertz CT molecular complexity index is 814. The summed E-state index contributed by atoms with van der Waals surface area (Å²) in [5.74, 6) is 0.481. The predicted octanol–water partition coefficient (Wildman–Crippen LogP) is 4.13. The minimum absolute atomic E-state index is 0.0223. The number of carbonyl (C=O) groups excluding carboxylic acids is 1. The summed E-state index contributed by atoms with van der Waals surface area (Å²) >= 11 is 1.63. The van der Waals surface area contributed by atoms with Gasteiger partial charge >= 0.3 is 0 Å². The second-order valence-corrected chi connectivity index (χ2v) is 6.46. The lowest BCUT2D eigenvalue weighted by Gasteiger charge is -2.15. The molecule has 3 rings (SSSR count). The van der Waals surface area contributed by atoms with Gasteiger partial charge in [0.15, 0.2) is 11.7 Å². The molecular weight excluding hydrogens is 327 g/mol. The van der Waals surface area contributed by atoms with Gasteiger partial charge in [-0.05, 0) is 23.6 Å². The number of aryl methyl sites for hydroxylation is 1. The van der Waals surface area contributed by atoms with Crippen molar-refractivity contribution in [2.75, 3.05) is 7.05 Å². The fourth-order valence-corrected chi connectivity index (χ4v) is 3.10. The van der Waals surface area contributed by atoms with Crippen molar-refractivity contribution < 1.29 is 13.6 Å². The molecule has 6 heteroatoms. The van der Waals surface area contributed by atoms with Crippen LogP contribution in [0.3, 0.4) is 0 Å². The number of carbonyl (C=O) groups is 1. The summed E-state index contributed by atoms with van der Waals surface area (Å²) in [7, 11) is 1.78. The van der Waals surface area contributed by atoms with E-state index in [1.54, 1.807) is 41.5 Å². The first-order valence-corrected chi connectivity index (χ1v) is 8.47. The van der Waals surface area contributed by atoms with Crippen molar-refractivity contribution in [2.24, 2.45) is 0 Å². The quantitative estimate of drug-likeness (QED) is 0.675. The van der Waals surface area contributed by atoms with Gasteiger partial charge in [-0.25, -0.2) is 9.37 Å². The normalized spacial score (nSPS) is 10.8. The van der Waals surface area contributed by atoms with Crippen LogP contribution in [0.25, 0.3) is 11.3 Å². The summed E-state index contributed by atoms with van der Waals surface area (Å²) in [4.78, 5) is 19.1. The van der Waals surface area contributed by atoms with E-state index in [2.05, 4.69) is 4.98 Å². The van der Waals surface area contributed by atoms with Crippen LogP contribution in [0.5, 0.6) is 0 Å². The number of amides is 1. The lowest BCUT2D eigenvalue weighted by Crippen LogP contribution is -2.26. The first-order valence-electron chi connectivity index (χ1n) is 7.59. The topological polar surface area (TPSA) is 46.3 Å². The first kappa shape index (κ1) is 16.4. The maximum atomic E-state index is 13.7. The van der Waals surface area contributed by atoms with E-state index in [9.17, 15) is 9.18 Å². The van der Waals surface area contributed by atoms with Crippen LogP contribution in [0.2, 0.25) is 0 Å². The molecule has 0 N–H and O–H groups in total. The van der Waals surface area contributed by atoms with Crippen LogP contribution in [-0.2, 0) is 17.8 Å². The van der Waals surface area contributed by atoms with Crippen LogP contribution in [0.15, 0.2) is 52.4 Å². The van der Waals surface area contributed by atoms with E-state index in [0.29, 0.717) is 36.6 Å². The Morgan fingerprint density at radius 3 is 2.88 bits per heavy atom. The van der Waals surface area contributed by atoms with Crippen molar-refractivity contribution >= 4 is 17.2 Å². The highest BCUT2D eigenvalue weighted by molar-refractivity contribution is 7.09. The molecule has 24 heavy (non-hydrogen) atoms. The van der Waals surface area contributed by atoms with Crippen LogP contribution in [0.1, 0.15) is 17.2 Å². The Hall–Kier alpha value is -2.47. The van der Waals surface area contributed by atoms with E-state index in [1.807, 2.05) is 17.5 Å². The average Bonchev–Trinajstić information content (AvgIpc) is 3.24. The minimum atomic E-state index is -0.355. The van der Waals surface area contributed by atoms with E-state index >= 15 is 0 Å². The molecule has 0 unspecified atom stereocenters. The molecule has 2 aromatic heterocycles. The van der Waals surface area contributed by atoms with Crippen LogP contribution < -0.4 is 0 Å². The lowest BCUT2D eigenvalue weighted by molar-refractivity contribution is -0.130. The van der Waals surface area contributed by atoms with Crippen molar-refractivity contribution in [1.82, 2.24) is 9.88 Å². The van der Waals surface area contributed by atoms with Gasteiger partial charge in [0.2, 0.25) is 5.91 Å². The molecule has 1 aromatic carbocycles. The Labute approximate surface area is 143 Å². The van der Waals surface area contributed by atoms with E-state index in [4.69, 9.17) is 4.42 Å². The molecule has 0 bridgehead atoms. The standard InChI is InChI=1S/C18H17FN2O2S/c1-21(12-13-5-4-10-24-13)18(22)9-8-17-20-11-16(23-17)14-6-2-3-7-15(14)19/h2-7,10-11H,8-9,12H2,1H3. The summed E-state index contributed by atoms with van der Waals surface area (Å²) in [5, 5.41) is 1.99. The van der Waals surface area contributed by atoms with Crippen molar-refractivity contribution in [3.05, 3.63) is 64.6 Å². The van der Waals surface area contributed by atoms with E-state index in [-0.39, 0.29) is 11.7 Å². The Kier molecular flexibility index (Phi) is 5.05. The molecule has 0 aliphatic carbocycles. The third kappa shape index (κ3) is 3.89. The summed E-state index contributed by atoms with van der Waals surface area (Å²) < 4.78 is 19.3. The van der Waals surface area contributed by atoms with Gasteiger partial charge < -0.3 is 9.32 Å². The molecule has 0 aliphatic heterocycles. The van der Waals surface area contributed by atoms with E-state index in [1.165, 1.54) is 12.3 Å². The molecule has 3 aromatic rings. The third-order valence-corrected chi connectivity index (χ3v) is 4.51. The van der Waals surface area contributed by atoms with Crippen molar-refractivity contribution in [1.29, 1.82) is 0 Å². The van der Waals surface area contributed by atoms with Crippen LogP contribution in [0.4, 0.5) is 4.39 Å². The smallest absolute Gasteiger partial charge is 0.223 e. The molecular formula is C18H17FN2O2S. The molecule has 2 heterocycles. The number of aromatic nitrogens is 1. The summed E-state index contributed by atoms with van der Waals surface area (Å²) in [6.45, 7) is 0.600. The molecule has 124 valence electrons. The number of oxazole rings is 1. The van der Waals surface area contributed by atoms with E-state index < -0.39 is 0 Å². The van der Waals surface area contributed by atoms with Gasteiger partial charge in [-0.1, -0.05) is 18.2 Å². The van der Waals surface area contributed by atoms with Crippen LogP contribution in [-0.4, -0.2) is 22.8 Å². The highest BCUT2D eigenvalue weighted by Crippen LogP contribution is 2.23. The number of halogens is 1. The predicted molar refractivity (Wildman–Crippen MR) is 91.0 cm³/mol. The number of rotatable bonds is 6. The highest BCUT2D eigenvalue weighted by Gasteiger charge is 2.14. The fraction of sp³-hybridized carbons (Fsp3) is 0.222. The van der Waals surface area contributed by atoms with Crippen molar-refractivity contribution in [3.8, 4) is 11.3 Å². The Balaban J connectivity index is 1.57. The summed E-state index contributed by atoms with van der Waals surface area (Å²) in [6, 6.07) is 10.3. The molecule has 0 spiro atoms. The largest absolute Gasteiger partial charge is 0.441 e. The molecule has 0 aliphatic rings. The van der Waals surface area contributed by atoms with Gasteiger partial charge in [0.25, 0.3) is 0 Å². The molecule has 0 atom stereocenters. The zero-order chi connectivity index (χ0) is 16.9. The molecule has 0 saturated heterocycles. The summed E-state index contributed by atoms with van der Waals surface area (Å²) in [5.41, 5.74) is 0.373. The third-order valence-electron chi connectivity index (χ3n) is 3.64. The van der Waals surface area contributed by atoms with Crippen molar-refractivity contribution in [3.63, 3.8) is 0 Å². The number of benzene rings is 1. The zero-order valence-electron chi connectivity index (χ0n) is 13.2. The van der Waals surface area contributed by atoms with Gasteiger partial charge in [-0.2, -0.15) is 0 Å². The Morgan fingerprint density at radius 2 is 2.12 bits per heavy atom. The summed E-state index contributed by atoms with van der Waals surface area (Å²) in [6.07, 6.45) is 2.19. The number of nitrogens with zero attached hydrogens (tertiary/aromatic N) is 2. The number of hydrogen-bond acceptors (Lipinski definition) is 4. The molecule has 0 fully saturated rings. The zero-order valence-corrected chi connectivity index (χ0v) is 14.1. The van der Waals surface area contributed by atoms with Gasteiger partial charge in [-0.3, -0.25) is 4.79 Å². The van der Waals surface area contributed by atoms with Gasteiger partial charge in [0, 0.05) is 24.8 Å². The molecule has 4 nitrogen and oxygen atoms in total. The monoisotopic (exact) mass is 344 g/mol. The first-order chi connectivity index (χ1) is 11.6. The maximum Gasteiger partial charge on any atom is 0.223 e. The molecule has 0 saturated carbocycles. The number of hydrogen-bond donors (Lipinski definition) is 0. The van der Waals surface area contributed by atoms with E-state index in [0.717, 1.165) is 4.88 Å².